The van der Waals surface area contributed by atoms with Gasteiger partial charge in [0.15, 0.2) is 0 Å². The van der Waals surface area contributed by atoms with Crippen LogP contribution in [0.4, 0.5) is 0 Å². The van der Waals surface area contributed by atoms with Crippen molar-refractivity contribution in [2.24, 2.45) is 51.8 Å². The highest BCUT2D eigenvalue weighted by Gasteiger charge is 2.68. The number of hydrogen-bond acceptors (Lipinski definition) is 2. The third-order valence-electron chi connectivity index (χ3n) is 13.7. The Morgan fingerprint density at radius 1 is 0.897 bits per heavy atom. The largest absolute Gasteiger partial charge is 0.243 e. The molecular weight excluding hydrogens is 498 g/mol. The predicted molar refractivity (Wildman–Crippen MR) is 161 cm³/mol. The van der Waals surface area contributed by atoms with E-state index in [1.54, 1.807) is 0 Å². The second-order valence-corrected chi connectivity index (χ2v) is 17.8. The summed E-state index contributed by atoms with van der Waals surface area (Å²) < 4.78 is 29.7. The molecule has 39 heavy (non-hydrogen) atoms. The van der Waals surface area contributed by atoms with Crippen molar-refractivity contribution in [2.75, 3.05) is 6.54 Å². The first-order valence-electron chi connectivity index (χ1n) is 16.5. The topological polar surface area (TPSA) is 37.4 Å². The lowest BCUT2D eigenvalue weighted by molar-refractivity contribution is -0.148. The van der Waals surface area contributed by atoms with Crippen molar-refractivity contribution in [3.8, 4) is 0 Å². The van der Waals surface area contributed by atoms with Crippen LogP contribution in [-0.2, 0) is 10.0 Å². The molecule has 1 aliphatic heterocycles. The molecule has 1 saturated heterocycles. The van der Waals surface area contributed by atoms with Crippen LogP contribution in [0.2, 0.25) is 0 Å². The molecule has 5 fully saturated rings. The fraction of sp³-hybridized carbons (Fsp3) is 0.829. The van der Waals surface area contributed by atoms with Gasteiger partial charge >= 0.3 is 0 Å². The molecule has 4 aliphatic carbocycles. The van der Waals surface area contributed by atoms with E-state index in [1.165, 1.54) is 64.2 Å². The maximum Gasteiger partial charge on any atom is 0.243 e. The Kier molecular flexibility index (Phi) is 7.14. The molecule has 3 nitrogen and oxygen atoms in total. The first-order valence-corrected chi connectivity index (χ1v) is 17.9. The maximum atomic E-state index is 13.9. The van der Waals surface area contributed by atoms with E-state index >= 15 is 0 Å². The number of benzene rings is 1. The van der Waals surface area contributed by atoms with E-state index in [9.17, 15) is 8.42 Å². The lowest BCUT2D eigenvalue weighted by Crippen LogP contribution is -2.58. The first-order chi connectivity index (χ1) is 18.4. The fourth-order valence-corrected chi connectivity index (χ4v) is 13.3. The zero-order valence-corrected chi connectivity index (χ0v) is 26.5. The molecule has 1 aromatic carbocycles. The van der Waals surface area contributed by atoms with Crippen LogP contribution in [0.25, 0.3) is 0 Å². The minimum Gasteiger partial charge on any atom is -0.207 e. The molecule has 0 amide bonds. The van der Waals surface area contributed by atoms with Crippen LogP contribution < -0.4 is 0 Å². The van der Waals surface area contributed by atoms with Gasteiger partial charge in [-0.1, -0.05) is 71.6 Å². The number of sulfonamides is 1. The van der Waals surface area contributed by atoms with Crippen molar-refractivity contribution >= 4 is 10.0 Å². The van der Waals surface area contributed by atoms with E-state index in [4.69, 9.17) is 0 Å². The minimum absolute atomic E-state index is 0.171. The number of nitrogens with zero attached hydrogens (tertiary/aromatic N) is 1. The van der Waals surface area contributed by atoms with Crippen molar-refractivity contribution in [2.45, 2.75) is 130 Å². The maximum absolute atomic E-state index is 13.9. The van der Waals surface area contributed by atoms with Gasteiger partial charge in [0.25, 0.3) is 0 Å². The van der Waals surface area contributed by atoms with E-state index in [0.29, 0.717) is 10.3 Å². The number of hydrogen-bond donors (Lipinski definition) is 0. The fourth-order valence-electron chi connectivity index (χ4n) is 11.6. The summed E-state index contributed by atoms with van der Waals surface area (Å²) in [4.78, 5) is 0.486. The molecule has 6 rings (SSSR count). The smallest absolute Gasteiger partial charge is 0.207 e. The monoisotopic (exact) mass is 553 g/mol. The predicted octanol–water partition coefficient (Wildman–Crippen LogP) is 8.86. The molecule has 1 heterocycles. The normalized spacial score (nSPS) is 42.7. The molecule has 2 bridgehead atoms. The summed E-state index contributed by atoms with van der Waals surface area (Å²) in [5.41, 5.74) is 2.09. The average Bonchev–Trinajstić information content (AvgIpc) is 3.41. The first kappa shape index (κ1) is 28.3. The zero-order valence-electron chi connectivity index (χ0n) is 25.7. The van der Waals surface area contributed by atoms with E-state index in [-0.39, 0.29) is 16.9 Å². The van der Waals surface area contributed by atoms with Crippen LogP contribution in [0.5, 0.6) is 0 Å². The van der Waals surface area contributed by atoms with E-state index in [0.717, 1.165) is 60.5 Å². The summed E-state index contributed by atoms with van der Waals surface area (Å²) in [5, 5.41) is 0. The highest BCUT2D eigenvalue weighted by atomic mass is 32.2. The summed E-state index contributed by atoms with van der Waals surface area (Å²) in [6.45, 7) is 15.4. The summed E-state index contributed by atoms with van der Waals surface area (Å²) in [5.74, 6) is 5.09. The van der Waals surface area contributed by atoms with Crippen LogP contribution in [0.15, 0.2) is 29.2 Å². The van der Waals surface area contributed by atoms with Gasteiger partial charge in [0, 0.05) is 12.6 Å². The second-order valence-electron chi connectivity index (χ2n) is 15.9. The highest BCUT2D eigenvalue weighted by Crippen LogP contribution is 2.73. The minimum atomic E-state index is -3.44. The molecular formula is C35H55NO2S. The van der Waals surface area contributed by atoms with Gasteiger partial charge in [-0.2, -0.15) is 4.31 Å². The highest BCUT2D eigenvalue weighted by molar-refractivity contribution is 7.89. The van der Waals surface area contributed by atoms with Crippen LogP contribution in [0.1, 0.15) is 117 Å². The molecule has 0 unspecified atom stereocenters. The number of rotatable bonds is 7. The van der Waals surface area contributed by atoms with Crippen molar-refractivity contribution in [3.63, 3.8) is 0 Å². The Bertz CT molecular complexity index is 1160. The third kappa shape index (κ3) is 4.31. The van der Waals surface area contributed by atoms with Gasteiger partial charge in [-0.15, -0.1) is 0 Å². The van der Waals surface area contributed by atoms with Gasteiger partial charge in [0.1, 0.15) is 0 Å². The van der Waals surface area contributed by atoms with Crippen LogP contribution in [-0.4, -0.2) is 25.3 Å². The van der Waals surface area contributed by atoms with Gasteiger partial charge in [0.05, 0.1) is 4.90 Å². The molecule has 9 atom stereocenters. The molecule has 218 valence electrons. The van der Waals surface area contributed by atoms with Crippen LogP contribution in [0, 0.1) is 58.7 Å². The molecule has 1 spiro atoms. The Labute approximate surface area is 240 Å². The van der Waals surface area contributed by atoms with Gasteiger partial charge in [-0.05, 0) is 129 Å². The zero-order chi connectivity index (χ0) is 27.8. The van der Waals surface area contributed by atoms with Crippen LogP contribution in [0.3, 0.4) is 0 Å². The second kappa shape index (κ2) is 9.85. The molecule has 0 N–H and O–H groups in total. The lowest BCUT2D eigenvalue weighted by atomic mass is 9.40. The third-order valence-corrected chi connectivity index (χ3v) is 15.7. The molecule has 0 radical (unpaired) electrons. The average molecular weight is 554 g/mol. The summed E-state index contributed by atoms with van der Waals surface area (Å²) in [6, 6.07) is 7.73. The molecule has 1 aromatic rings. The summed E-state index contributed by atoms with van der Waals surface area (Å²) in [6.07, 6.45) is 15.8. The molecule has 4 saturated carbocycles. The van der Waals surface area contributed by atoms with Gasteiger partial charge < -0.3 is 0 Å². The molecule has 4 heteroatoms. The molecule has 5 aliphatic rings. The van der Waals surface area contributed by atoms with E-state index in [1.807, 2.05) is 35.5 Å². The van der Waals surface area contributed by atoms with Gasteiger partial charge in [0.2, 0.25) is 10.0 Å². The Morgan fingerprint density at radius 3 is 2.36 bits per heavy atom. The Hall–Kier alpha value is -0.870. The van der Waals surface area contributed by atoms with E-state index in [2.05, 4.69) is 34.6 Å². The van der Waals surface area contributed by atoms with Crippen molar-refractivity contribution < 1.29 is 8.42 Å². The number of aryl methyl sites for hydroxylation is 1. The van der Waals surface area contributed by atoms with Crippen LogP contribution >= 0.6 is 0 Å². The van der Waals surface area contributed by atoms with Gasteiger partial charge in [-0.3, -0.25) is 0 Å². The Balaban J connectivity index is 1.21. The Morgan fingerprint density at radius 2 is 1.64 bits per heavy atom. The van der Waals surface area contributed by atoms with Crippen molar-refractivity contribution in [1.82, 2.24) is 4.31 Å². The van der Waals surface area contributed by atoms with Crippen molar-refractivity contribution in [1.29, 1.82) is 0 Å². The summed E-state index contributed by atoms with van der Waals surface area (Å²) in [7, 11) is -3.44. The lowest BCUT2D eigenvalue weighted by Gasteiger charge is -2.64. The SMILES string of the molecule is Cc1ccc(S(=O)(=O)N2C[C@]34CC[C@H]5[C@@H]6CC[C@H]([C@H](C)CCCC(C)C)[C@@]6(C)CC[C@@H]5[C@@]3(C)CC[C@H]2C4)cc1. The number of fused-ring (bicyclic) bond motifs is 5. The van der Waals surface area contributed by atoms with Crippen molar-refractivity contribution in [3.05, 3.63) is 29.8 Å². The standard InChI is InChI=1S/C35H55NO2S/c1-24(2)8-7-9-26(4)30-14-15-31-29-17-21-35-22-27(16-20-34(35,6)32(29)18-19-33(30,31)5)36(23-35)39(37,38)28-12-10-25(3)11-13-28/h10-13,24,26-27,29-32H,7-9,14-23H2,1-6H3/t26-,27+,29+,30-,31+,32+,33-,34-,35-/m1/s1. The summed E-state index contributed by atoms with van der Waals surface area (Å²) >= 11 is 0. The molecule has 0 aromatic heterocycles. The quantitative estimate of drug-likeness (QED) is 0.338. The van der Waals surface area contributed by atoms with E-state index < -0.39 is 10.0 Å². The van der Waals surface area contributed by atoms with Gasteiger partial charge in [-0.25, -0.2) is 8.42 Å².